The topological polar surface area (TPSA) is 106 Å². The maximum absolute atomic E-state index is 13.6. The van der Waals surface area contributed by atoms with E-state index in [1.807, 2.05) is 6.07 Å². The van der Waals surface area contributed by atoms with Crippen molar-refractivity contribution < 1.29 is 32.2 Å². The lowest BCUT2D eigenvalue weighted by Gasteiger charge is -2.37. The summed E-state index contributed by atoms with van der Waals surface area (Å²) < 4.78 is 50.5. The number of nitriles is 1. The van der Waals surface area contributed by atoms with Crippen molar-refractivity contribution in [2.75, 3.05) is 19.1 Å². The van der Waals surface area contributed by atoms with Crippen LogP contribution >= 0.6 is 12.6 Å². The van der Waals surface area contributed by atoms with E-state index >= 15 is 0 Å². The molecule has 0 fully saturated rings. The van der Waals surface area contributed by atoms with Crippen LogP contribution in [0.1, 0.15) is 22.6 Å². The summed E-state index contributed by atoms with van der Waals surface area (Å²) in [6.45, 7) is 0. The normalized spacial score (nSPS) is 16.1. The highest BCUT2D eigenvalue weighted by molar-refractivity contribution is 7.79. The van der Waals surface area contributed by atoms with Crippen molar-refractivity contribution in [3.63, 3.8) is 0 Å². The average molecular weight is 504 g/mol. The highest BCUT2D eigenvalue weighted by Gasteiger charge is 2.44. The van der Waals surface area contributed by atoms with E-state index in [-0.39, 0.29) is 34.0 Å². The first-order chi connectivity index (χ1) is 16.6. The number of ether oxygens (including phenoxy) is 2. The summed E-state index contributed by atoms with van der Waals surface area (Å²) in [6, 6.07) is 13.0. The number of nitrogens with two attached hydrogens (primary N) is 1. The predicted octanol–water partition coefficient (Wildman–Crippen LogP) is 4.03. The van der Waals surface area contributed by atoms with Crippen LogP contribution in [0.25, 0.3) is 0 Å². The second-order valence-electron chi connectivity index (χ2n) is 7.33. The number of allylic oxidation sites excluding steroid dienone is 1. The van der Waals surface area contributed by atoms with Crippen LogP contribution in [-0.4, -0.2) is 26.2 Å². The zero-order valence-corrected chi connectivity index (χ0v) is 19.5. The molecule has 0 spiro atoms. The van der Waals surface area contributed by atoms with Crippen molar-refractivity contribution >= 4 is 30.3 Å². The van der Waals surface area contributed by atoms with Gasteiger partial charge in [-0.1, -0.05) is 36.4 Å². The van der Waals surface area contributed by atoms with Gasteiger partial charge >= 0.3 is 18.1 Å². The standard InChI is InChI=1S/C24H20F3N3O4S/c1-33-22(31)19-18(13-6-4-3-5-7-13)16(11-28)21(29)30(20(19)23(32)34-2)17-10-15(24(25,26)27)9-8-14(17)12-35/h3-10,18,35H,12,29H2,1-2H3. The van der Waals surface area contributed by atoms with Crippen LogP contribution in [0.3, 0.4) is 0 Å². The van der Waals surface area contributed by atoms with Crippen molar-refractivity contribution in [1.82, 2.24) is 0 Å². The molecule has 0 saturated carbocycles. The number of anilines is 1. The van der Waals surface area contributed by atoms with E-state index in [1.54, 1.807) is 30.3 Å². The van der Waals surface area contributed by atoms with Gasteiger partial charge in [-0.3, -0.25) is 4.90 Å². The van der Waals surface area contributed by atoms with Crippen molar-refractivity contribution in [1.29, 1.82) is 5.26 Å². The zero-order valence-electron chi connectivity index (χ0n) is 18.6. The van der Waals surface area contributed by atoms with Gasteiger partial charge in [0.1, 0.15) is 11.5 Å². The number of benzene rings is 2. The monoisotopic (exact) mass is 503 g/mol. The number of hydrogen-bond acceptors (Lipinski definition) is 8. The Kier molecular flexibility index (Phi) is 7.45. The van der Waals surface area contributed by atoms with Crippen LogP contribution in [-0.2, 0) is 31.0 Å². The van der Waals surface area contributed by atoms with Crippen LogP contribution in [0.2, 0.25) is 0 Å². The molecule has 2 aromatic carbocycles. The van der Waals surface area contributed by atoms with E-state index < -0.39 is 35.3 Å². The minimum Gasteiger partial charge on any atom is -0.466 e. The molecule has 3 rings (SSSR count). The minimum atomic E-state index is -4.72. The Morgan fingerprint density at radius 1 is 1.11 bits per heavy atom. The number of nitrogens with zero attached hydrogens (tertiary/aromatic N) is 2. The van der Waals surface area contributed by atoms with E-state index in [0.29, 0.717) is 5.56 Å². The Morgan fingerprint density at radius 2 is 1.74 bits per heavy atom. The highest BCUT2D eigenvalue weighted by atomic mass is 32.1. The van der Waals surface area contributed by atoms with Gasteiger partial charge in [0.25, 0.3) is 0 Å². The van der Waals surface area contributed by atoms with Gasteiger partial charge in [0, 0.05) is 5.75 Å². The van der Waals surface area contributed by atoms with E-state index in [0.717, 1.165) is 31.3 Å². The Labute approximate surface area is 204 Å². The molecule has 7 nitrogen and oxygen atoms in total. The molecule has 1 aliphatic rings. The largest absolute Gasteiger partial charge is 0.466 e. The Bertz CT molecular complexity index is 1270. The third kappa shape index (κ3) is 4.70. The van der Waals surface area contributed by atoms with E-state index in [1.165, 1.54) is 6.07 Å². The van der Waals surface area contributed by atoms with Crippen LogP contribution in [0.15, 0.2) is 71.2 Å². The lowest BCUT2D eigenvalue weighted by molar-refractivity contribution is -0.139. The molecule has 182 valence electrons. The number of thiol groups is 1. The van der Waals surface area contributed by atoms with Gasteiger partial charge in [-0.05, 0) is 23.3 Å². The zero-order chi connectivity index (χ0) is 25.9. The Balaban J connectivity index is 2.48. The maximum atomic E-state index is 13.6. The van der Waals surface area contributed by atoms with Crippen LogP contribution in [0.5, 0.6) is 0 Å². The molecule has 0 aliphatic carbocycles. The summed E-state index contributed by atoms with van der Waals surface area (Å²) in [6.07, 6.45) is -4.72. The van der Waals surface area contributed by atoms with Crippen molar-refractivity contribution in [2.24, 2.45) is 5.73 Å². The molecule has 0 bridgehead atoms. The molecule has 1 heterocycles. The molecule has 11 heteroatoms. The maximum Gasteiger partial charge on any atom is 0.416 e. The first-order valence-corrected chi connectivity index (χ1v) is 10.7. The van der Waals surface area contributed by atoms with E-state index in [2.05, 4.69) is 12.6 Å². The second kappa shape index (κ2) is 10.1. The Morgan fingerprint density at radius 3 is 2.26 bits per heavy atom. The number of carbonyl (C=O) groups is 2. The number of halogens is 3. The number of hydrogen-bond donors (Lipinski definition) is 2. The average Bonchev–Trinajstić information content (AvgIpc) is 2.86. The van der Waals surface area contributed by atoms with Crippen LogP contribution in [0, 0.1) is 11.3 Å². The Hall–Kier alpha value is -3.91. The first-order valence-electron chi connectivity index (χ1n) is 10.1. The highest BCUT2D eigenvalue weighted by Crippen LogP contribution is 2.45. The van der Waals surface area contributed by atoms with E-state index in [4.69, 9.17) is 15.2 Å². The van der Waals surface area contributed by atoms with Gasteiger partial charge in [0.05, 0.1) is 48.6 Å². The molecule has 1 unspecified atom stereocenters. The number of alkyl halides is 3. The molecule has 1 atom stereocenters. The fourth-order valence-electron chi connectivity index (χ4n) is 3.85. The summed E-state index contributed by atoms with van der Waals surface area (Å²) >= 11 is 4.19. The summed E-state index contributed by atoms with van der Waals surface area (Å²) in [4.78, 5) is 27.0. The predicted molar refractivity (Wildman–Crippen MR) is 124 cm³/mol. The van der Waals surface area contributed by atoms with Crippen LogP contribution in [0.4, 0.5) is 18.9 Å². The summed E-state index contributed by atoms with van der Waals surface area (Å²) in [5.74, 6) is -3.55. The third-order valence-electron chi connectivity index (χ3n) is 5.43. The molecule has 2 aromatic rings. The molecular formula is C24H20F3N3O4S. The van der Waals surface area contributed by atoms with Crippen molar-refractivity contribution in [2.45, 2.75) is 17.8 Å². The molecule has 0 saturated heterocycles. The fourth-order valence-corrected chi connectivity index (χ4v) is 4.11. The molecule has 0 aromatic heterocycles. The van der Waals surface area contributed by atoms with Gasteiger partial charge in [-0.2, -0.15) is 31.1 Å². The lowest BCUT2D eigenvalue weighted by Crippen LogP contribution is -2.41. The van der Waals surface area contributed by atoms with Gasteiger partial charge < -0.3 is 15.2 Å². The van der Waals surface area contributed by atoms with Gasteiger partial charge in [-0.25, -0.2) is 9.59 Å². The fraction of sp³-hybridized carbons (Fsp3) is 0.208. The number of rotatable bonds is 5. The van der Waals surface area contributed by atoms with Gasteiger partial charge in [-0.15, -0.1) is 0 Å². The molecular weight excluding hydrogens is 483 g/mol. The molecule has 2 N–H and O–H groups in total. The van der Waals surface area contributed by atoms with Crippen LogP contribution < -0.4 is 10.6 Å². The number of methoxy groups -OCH3 is 2. The quantitative estimate of drug-likeness (QED) is 0.469. The summed E-state index contributed by atoms with van der Waals surface area (Å²) in [5, 5.41) is 10.0. The van der Waals surface area contributed by atoms with E-state index in [9.17, 15) is 28.0 Å². The second-order valence-corrected chi connectivity index (χ2v) is 7.65. The summed E-state index contributed by atoms with van der Waals surface area (Å²) in [5.41, 5.74) is 4.89. The summed E-state index contributed by atoms with van der Waals surface area (Å²) in [7, 11) is 2.12. The molecule has 35 heavy (non-hydrogen) atoms. The lowest BCUT2D eigenvalue weighted by atomic mass is 9.80. The smallest absolute Gasteiger partial charge is 0.416 e. The molecule has 0 radical (unpaired) electrons. The SMILES string of the molecule is COC(=O)C1=C(C(=O)OC)N(c2cc(C(F)(F)F)ccc2CS)C(N)=C(C#N)C1c1ccccc1. The van der Waals surface area contributed by atoms with Gasteiger partial charge in [0.15, 0.2) is 0 Å². The van der Waals surface area contributed by atoms with Crippen molar-refractivity contribution in [3.8, 4) is 6.07 Å². The minimum absolute atomic E-state index is 0.0384. The first kappa shape index (κ1) is 25.7. The molecule has 1 aliphatic heterocycles. The third-order valence-corrected chi connectivity index (χ3v) is 5.77. The van der Waals surface area contributed by atoms with Gasteiger partial charge in [0.2, 0.25) is 0 Å². The molecule has 0 amide bonds. The number of carbonyl (C=O) groups excluding carboxylic acids is 2. The van der Waals surface area contributed by atoms with Crippen molar-refractivity contribution in [3.05, 3.63) is 87.9 Å². The number of esters is 2.